The summed E-state index contributed by atoms with van der Waals surface area (Å²) in [6.45, 7) is 7.61. The second-order valence-electron chi connectivity index (χ2n) is 9.90. The Morgan fingerprint density at radius 1 is 1.08 bits per heavy atom. The molecule has 2 atom stereocenters. The lowest BCUT2D eigenvalue weighted by Crippen LogP contribution is -2.60. The Bertz CT molecular complexity index is 1130. The van der Waals surface area contributed by atoms with Crippen molar-refractivity contribution < 1.29 is 27.4 Å². The molecule has 37 heavy (non-hydrogen) atoms. The predicted octanol–water partition coefficient (Wildman–Crippen LogP) is 3.95. The Morgan fingerprint density at radius 2 is 1.86 bits per heavy atom. The van der Waals surface area contributed by atoms with E-state index in [0.717, 1.165) is 44.5 Å². The third-order valence-corrected chi connectivity index (χ3v) is 7.51. The molecule has 5 rings (SSSR count). The lowest BCUT2D eigenvalue weighted by molar-refractivity contribution is -0.148. The fourth-order valence-electron chi connectivity index (χ4n) is 5.59. The maximum Gasteiger partial charge on any atom is 0.416 e. The molecule has 200 valence electrons. The summed E-state index contributed by atoms with van der Waals surface area (Å²) in [5.74, 6) is 0.514. The SMILES string of the molecule is Cc1nc(Nc2cccc(C(F)(F)F)c2)c(C)c(C(=O)N2CCC(N3CCOC4COCCC43)CC2)n1. The number of likely N-dealkylation sites (tertiary alicyclic amines) is 1. The van der Waals surface area contributed by atoms with Crippen molar-refractivity contribution in [2.75, 3.05) is 44.8 Å². The second-order valence-corrected chi connectivity index (χ2v) is 9.90. The van der Waals surface area contributed by atoms with E-state index in [1.165, 1.54) is 12.1 Å². The highest BCUT2D eigenvalue weighted by Crippen LogP contribution is 2.32. The number of aromatic nitrogens is 2. The first-order valence-corrected chi connectivity index (χ1v) is 12.7. The first-order valence-electron chi connectivity index (χ1n) is 12.7. The Morgan fingerprint density at radius 3 is 2.62 bits per heavy atom. The maximum absolute atomic E-state index is 13.5. The topological polar surface area (TPSA) is 79.8 Å². The van der Waals surface area contributed by atoms with Crippen LogP contribution in [0.3, 0.4) is 0 Å². The van der Waals surface area contributed by atoms with Gasteiger partial charge in [0.25, 0.3) is 5.91 Å². The van der Waals surface area contributed by atoms with Gasteiger partial charge in [-0.1, -0.05) is 6.07 Å². The third-order valence-electron chi connectivity index (χ3n) is 7.51. The van der Waals surface area contributed by atoms with E-state index in [9.17, 15) is 18.0 Å². The number of rotatable bonds is 4. The van der Waals surface area contributed by atoms with Gasteiger partial charge in [-0.2, -0.15) is 13.2 Å². The first kappa shape index (κ1) is 25.9. The van der Waals surface area contributed by atoms with Gasteiger partial charge in [-0.3, -0.25) is 9.69 Å². The molecule has 0 aliphatic carbocycles. The van der Waals surface area contributed by atoms with Gasteiger partial charge in [0.2, 0.25) is 0 Å². The van der Waals surface area contributed by atoms with Crippen molar-refractivity contribution in [1.29, 1.82) is 0 Å². The molecular weight excluding hydrogens is 487 g/mol. The molecule has 3 fully saturated rings. The highest BCUT2D eigenvalue weighted by Gasteiger charge is 2.39. The monoisotopic (exact) mass is 519 g/mol. The van der Waals surface area contributed by atoms with Crippen molar-refractivity contribution in [2.24, 2.45) is 0 Å². The fraction of sp³-hybridized carbons (Fsp3) is 0.577. The largest absolute Gasteiger partial charge is 0.416 e. The standard InChI is InChI=1S/C26H32F3N5O3/c1-16-23(30-17(2)31-24(16)32-19-5-3-4-18(14-19)26(27,28)29)25(35)33-9-6-20(7-10-33)34-11-13-37-22-15-36-12-8-21(22)34/h3-5,14,20-22H,6-13,15H2,1-2H3,(H,30,31,32). The van der Waals surface area contributed by atoms with Gasteiger partial charge in [-0.05, 0) is 51.3 Å². The quantitative estimate of drug-likeness (QED) is 0.655. The van der Waals surface area contributed by atoms with Crippen LogP contribution < -0.4 is 5.32 Å². The molecule has 2 aromatic rings. The van der Waals surface area contributed by atoms with Gasteiger partial charge >= 0.3 is 6.18 Å². The number of amides is 1. The zero-order chi connectivity index (χ0) is 26.2. The van der Waals surface area contributed by atoms with Gasteiger partial charge in [0.1, 0.15) is 17.3 Å². The van der Waals surface area contributed by atoms with Gasteiger partial charge in [0, 0.05) is 49.6 Å². The number of ether oxygens (including phenoxy) is 2. The normalized spacial score (nSPS) is 23.5. The van der Waals surface area contributed by atoms with Crippen LogP contribution in [0.1, 0.15) is 46.7 Å². The van der Waals surface area contributed by atoms with Crippen LogP contribution in [0.4, 0.5) is 24.7 Å². The number of morpholine rings is 1. The van der Waals surface area contributed by atoms with E-state index in [2.05, 4.69) is 20.2 Å². The van der Waals surface area contributed by atoms with Gasteiger partial charge in [0.15, 0.2) is 0 Å². The number of anilines is 2. The van der Waals surface area contributed by atoms with Crippen molar-refractivity contribution in [3.8, 4) is 0 Å². The Labute approximate surface area is 214 Å². The predicted molar refractivity (Wildman–Crippen MR) is 131 cm³/mol. The lowest BCUT2D eigenvalue weighted by atomic mass is 9.95. The number of aryl methyl sites for hydroxylation is 1. The number of piperidine rings is 1. The van der Waals surface area contributed by atoms with E-state index in [4.69, 9.17) is 9.47 Å². The summed E-state index contributed by atoms with van der Waals surface area (Å²) in [6, 6.07) is 5.67. The molecule has 0 bridgehead atoms. The minimum absolute atomic E-state index is 0.122. The third kappa shape index (κ3) is 5.58. The van der Waals surface area contributed by atoms with Gasteiger partial charge in [0.05, 0.1) is 24.9 Å². The van der Waals surface area contributed by atoms with Crippen molar-refractivity contribution in [2.45, 2.75) is 57.5 Å². The maximum atomic E-state index is 13.5. The average Bonchev–Trinajstić information content (AvgIpc) is 2.89. The van der Waals surface area contributed by atoms with Crippen molar-refractivity contribution >= 4 is 17.4 Å². The van der Waals surface area contributed by atoms with E-state index < -0.39 is 11.7 Å². The molecule has 11 heteroatoms. The van der Waals surface area contributed by atoms with Crippen LogP contribution in [-0.4, -0.2) is 83.3 Å². The molecule has 3 aliphatic heterocycles. The number of carbonyl (C=O) groups excluding carboxylic acids is 1. The molecule has 1 N–H and O–H groups in total. The number of nitrogens with zero attached hydrogens (tertiary/aromatic N) is 4. The average molecular weight is 520 g/mol. The molecule has 3 saturated heterocycles. The molecule has 8 nitrogen and oxygen atoms in total. The first-order chi connectivity index (χ1) is 17.7. The molecule has 2 unspecified atom stereocenters. The van der Waals surface area contributed by atoms with Crippen LogP contribution >= 0.6 is 0 Å². The number of nitrogens with one attached hydrogen (secondary N) is 1. The Balaban J connectivity index is 1.27. The molecule has 4 heterocycles. The number of alkyl halides is 3. The van der Waals surface area contributed by atoms with E-state index in [1.807, 2.05) is 4.90 Å². The summed E-state index contributed by atoms with van der Waals surface area (Å²) >= 11 is 0. The summed E-state index contributed by atoms with van der Waals surface area (Å²) in [4.78, 5) is 26.6. The molecular formula is C26H32F3N5O3. The van der Waals surface area contributed by atoms with Crippen molar-refractivity contribution in [3.63, 3.8) is 0 Å². The molecule has 3 aliphatic rings. The second kappa shape index (κ2) is 10.5. The van der Waals surface area contributed by atoms with Crippen LogP contribution in [0.25, 0.3) is 0 Å². The van der Waals surface area contributed by atoms with Gasteiger partial charge < -0.3 is 19.7 Å². The number of halogens is 3. The fourth-order valence-corrected chi connectivity index (χ4v) is 5.59. The minimum Gasteiger partial charge on any atom is -0.379 e. The number of fused-ring (bicyclic) bond motifs is 1. The van der Waals surface area contributed by atoms with E-state index in [0.29, 0.717) is 55.6 Å². The Hall–Kier alpha value is -2.76. The number of hydrogen-bond acceptors (Lipinski definition) is 7. The summed E-state index contributed by atoms with van der Waals surface area (Å²) in [5, 5.41) is 2.95. The zero-order valence-electron chi connectivity index (χ0n) is 21.1. The minimum atomic E-state index is -4.45. The van der Waals surface area contributed by atoms with Crippen LogP contribution in [0.5, 0.6) is 0 Å². The molecule has 1 amide bonds. The molecule has 0 saturated carbocycles. The Kier molecular flexibility index (Phi) is 7.37. The van der Waals surface area contributed by atoms with Crippen LogP contribution in [-0.2, 0) is 15.7 Å². The van der Waals surface area contributed by atoms with Crippen LogP contribution in [0.15, 0.2) is 24.3 Å². The van der Waals surface area contributed by atoms with E-state index in [1.54, 1.807) is 13.8 Å². The summed E-state index contributed by atoms with van der Waals surface area (Å²) in [6.07, 6.45) is -1.63. The summed E-state index contributed by atoms with van der Waals surface area (Å²) in [7, 11) is 0. The molecule has 1 aromatic carbocycles. The van der Waals surface area contributed by atoms with Crippen molar-refractivity contribution in [1.82, 2.24) is 19.8 Å². The van der Waals surface area contributed by atoms with Gasteiger partial charge in [-0.15, -0.1) is 0 Å². The summed E-state index contributed by atoms with van der Waals surface area (Å²) in [5.41, 5.74) is 0.268. The zero-order valence-corrected chi connectivity index (χ0v) is 21.1. The number of carbonyl (C=O) groups is 1. The summed E-state index contributed by atoms with van der Waals surface area (Å²) < 4.78 is 50.9. The highest BCUT2D eigenvalue weighted by atomic mass is 19.4. The number of benzene rings is 1. The van der Waals surface area contributed by atoms with Crippen LogP contribution in [0, 0.1) is 13.8 Å². The number of hydrogen-bond donors (Lipinski definition) is 1. The lowest BCUT2D eigenvalue weighted by Gasteiger charge is -2.49. The molecule has 0 spiro atoms. The van der Waals surface area contributed by atoms with Crippen LogP contribution in [0.2, 0.25) is 0 Å². The van der Waals surface area contributed by atoms with E-state index >= 15 is 0 Å². The van der Waals surface area contributed by atoms with E-state index in [-0.39, 0.29) is 23.4 Å². The highest BCUT2D eigenvalue weighted by molar-refractivity contribution is 5.95. The van der Waals surface area contributed by atoms with Gasteiger partial charge in [-0.25, -0.2) is 9.97 Å². The smallest absolute Gasteiger partial charge is 0.379 e. The molecule has 1 aromatic heterocycles. The molecule has 0 radical (unpaired) electrons. The van der Waals surface area contributed by atoms with Crippen molar-refractivity contribution in [3.05, 3.63) is 46.9 Å².